The third kappa shape index (κ3) is 5.20. The van der Waals surface area contributed by atoms with Gasteiger partial charge in [-0.2, -0.15) is 5.26 Å². The molecule has 0 N–H and O–H groups in total. The molecule has 0 heterocycles. The summed E-state index contributed by atoms with van der Waals surface area (Å²) in [6.07, 6.45) is -0.984. The van der Waals surface area contributed by atoms with Crippen molar-refractivity contribution < 1.29 is 14.3 Å². The van der Waals surface area contributed by atoms with Crippen LogP contribution in [0.1, 0.15) is 42.7 Å². The molecule has 0 amide bonds. The van der Waals surface area contributed by atoms with E-state index in [0.717, 1.165) is 5.56 Å². The highest BCUT2D eigenvalue weighted by Crippen LogP contribution is 2.31. The van der Waals surface area contributed by atoms with Crippen molar-refractivity contribution in [2.45, 2.75) is 26.1 Å². The summed E-state index contributed by atoms with van der Waals surface area (Å²) in [7, 11) is 0. The number of rotatable bonds is 7. The van der Waals surface area contributed by atoms with Gasteiger partial charge in [0.25, 0.3) is 6.29 Å². The number of hydrogen-bond donors (Lipinski definition) is 0. The van der Waals surface area contributed by atoms with Crippen molar-refractivity contribution in [3.05, 3.63) is 101 Å². The van der Waals surface area contributed by atoms with Gasteiger partial charge in [-0.15, -0.1) is 0 Å². The Hall–Kier alpha value is -3.29. The molecule has 4 nitrogen and oxygen atoms in total. The van der Waals surface area contributed by atoms with Gasteiger partial charge in [-0.25, -0.2) is 0 Å². The lowest BCUT2D eigenvalue weighted by Crippen LogP contribution is -2.25. The van der Waals surface area contributed by atoms with Crippen molar-refractivity contribution in [2.24, 2.45) is 5.92 Å². The number of nitriles is 1. The predicted molar refractivity (Wildman–Crippen MR) is 116 cm³/mol. The van der Waals surface area contributed by atoms with Gasteiger partial charge in [0.05, 0.1) is 11.5 Å². The first-order valence-electron chi connectivity index (χ1n) is 9.66. The number of benzene rings is 3. The summed E-state index contributed by atoms with van der Waals surface area (Å²) in [5.41, 5.74) is 1.87. The molecule has 0 saturated heterocycles. The van der Waals surface area contributed by atoms with Crippen LogP contribution < -0.4 is 4.74 Å². The first kappa shape index (κ1) is 21.4. The van der Waals surface area contributed by atoms with Crippen molar-refractivity contribution in [3.8, 4) is 11.8 Å². The highest BCUT2D eigenvalue weighted by molar-refractivity contribution is 6.30. The van der Waals surface area contributed by atoms with Gasteiger partial charge >= 0.3 is 5.97 Å². The largest absolute Gasteiger partial charge is 0.449 e. The zero-order valence-corrected chi connectivity index (χ0v) is 17.5. The predicted octanol–water partition coefficient (Wildman–Crippen LogP) is 6.27. The Kier molecular flexibility index (Phi) is 7.11. The number of para-hydroxylation sites is 1. The smallest absolute Gasteiger partial charge is 0.317 e. The van der Waals surface area contributed by atoms with Crippen molar-refractivity contribution in [3.63, 3.8) is 0 Å². The zero-order chi connectivity index (χ0) is 21.5. The van der Waals surface area contributed by atoms with Crippen LogP contribution in [0.2, 0.25) is 5.02 Å². The van der Waals surface area contributed by atoms with Gasteiger partial charge in [0.2, 0.25) is 0 Å². The van der Waals surface area contributed by atoms with Gasteiger partial charge in [0, 0.05) is 10.6 Å². The van der Waals surface area contributed by atoms with Crippen molar-refractivity contribution >= 4 is 17.6 Å². The molecule has 3 rings (SSSR count). The highest BCUT2D eigenvalue weighted by Gasteiger charge is 2.29. The standard InChI is InChI=1S/C25H22ClNO3/c1-17(2)23(18-12-14-21(26)15-13-18)24(28)30-25(19-8-4-3-5-9-19)29-22-11-7-6-10-20(22)16-27/h3-15,17,23,25H,1-2H3. The molecule has 0 bridgehead atoms. The van der Waals surface area contributed by atoms with E-state index in [0.29, 0.717) is 21.9 Å². The van der Waals surface area contributed by atoms with Gasteiger partial charge in [0.1, 0.15) is 11.8 Å². The number of hydrogen-bond acceptors (Lipinski definition) is 4. The van der Waals surface area contributed by atoms with Crippen LogP contribution in [0.15, 0.2) is 78.9 Å². The Bertz CT molecular complexity index is 1030. The quantitative estimate of drug-likeness (QED) is 0.334. The SMILES string of the molecule is CC(C)C(C(=O)OC(Oc1ccccc1C#N)c1ccccc1)c1ccc(Cl)cc1. The fourth-order valence-electron chi connectivity index (χ4n) is 3.19. The van der Waals surface area contributed by atoms with Gasteiger partial charge < -0.3 is 9.47 Å². The fraction of sp³-hybridized carbons (Fsp3) is 0.200. The Labute approximate surface area is 181 Å². The molecule has 0 fully saturated rings. The minimum atomic E-state index is -0.984. The van der Waals surface area contributed by atoms with Gasteiger partial charge in [-0.05, 0) is 35.7 Å². The molecule has 5 heteroatoms. The van der Waals surface area contributed by atoms with E-state index in [1.165, 1.54) is 0 Å². The minimum Gasteiger partial charge on any atom is -0.449 e. The summed E-state index contributed by atoms with van der Waals surface area (Å²) in [6.45, 7) is 3.92. The van der Waals surface area contributed by atoms with Gasteiger partial charge in [-0.3, -0.25) is 4.79 Å². The second kappa shape index (κ2) is 9.96. The highest BCUT2D eigenvalue weighted by atomic mass is 35.5. The molecule has 2 unspecified atom stereocenters. The van der Waals surface area contributed by atoms with E-state index in [2.05, 4.69) is 6.07 Å². The summed E-state index contributed by atoms with van der Waals surface area (Å²) in [4.78, 5) is 13.2. The molecule has 152 valence electrons. The third-order valence-electron chi connectivity index (χ3n) is 4.69. The van der Waals surface area contributed by atoms with Crippen LogP contribution in [0.25, 0.3) is 0 Å². The molecular weight excluding hydrogens is 398 g/mol. The lowest BCUT2D eigenvalue weighted by Gasteiger charge is -2.25. The third-order valence-corrected chi connectivity index (χ3v) is 4.94. The Morgan fingerprint density at radius 3 is 2.17 bits per heavy atom. The zero-order valence-electron chi connectivity index (χ0n) is 16.8. The second-order valence-corrected chi connectivity index (χ2v) is 7.61. The normalized spacial score (nSPS) is 12.6. The van der Waals surface area contributed by atoms with Crippen LogP contribution in [0.4, 0.5) is 0 Å². The van der Waals surface area contributed by atoms with Crippen LogP contribution in [-0.2, 0) is 9.53 Å². The summed E-state index contributed by atoms with van der Waals surface area (Å²) < 4.78 is 11.8. The number of esters is 1. The molecule has 0 spiro atoms. The van der Waals surface area contributed by atoms with E-state index in [9.17, 15) is 10.1 Å². The second-order valence-electron chi connectivity index (χ2n) is 7.18. The maximum Gasteiger partial charge on any atom is 0.317 e. The average molecular weight is 420 g/mol. The molecule has 0 aliphatic heterocycles. The van der Waals surface area contributed by atoms with E-state index < -0.39 is 18.2 Å². The Balaban J connectivity index is 1.91. The first-order valence-corrected chi connectivity index (χ1v) is 10.0. The Morgan fingerprint density at radius 1 is 0.900 bits per heavy atom. The number of halogens is 1. The number of carbonyl (C=O) groups is 1. The van der Waals surface area contributed by atoms with Crippen molar-refractivity contribution in [1.29, 1.82) is 5.26 Å². The van der Waals surface area contributed by atoms with E-state index in [1.54, 1.807) is 36.4 Å². The molecule has 30 heavy (non-hydrogen) atoms. The van der Waals surface area contributed by atoms with Crippen molar-refractivity contribution in [1.82, 2.24) is 0 Å². The van der Waals surface area contributed by atoms with Gasteiger partial charge in [-0.1, -0.05) is 80.0 Å². The van der Waals surface area contributed by atoms with Crippen LogP contribution in [0.5, 0.6) is 5.75 Å². The maximum absolute atomic E-state index is 13.2. The van der Waals surface area contributed by atoms with E-state index in [1.807, 2.05) is 56.3 Å². The number of carbonyl (C=O) groups excluding carboxylic acids is 1. The fourth-order valence-corrected chi connectivity index (χ4v) is 3.32. The topological polar surface area (TPSA) is 59.3 Å². The summed E-state index contributed by atoms with van der Waals surface area (Å²) >= 11 is 6.00. The molecule has 0 aliphatic carbocycles. The van der Waals surface area contributed by atoms with Crippen LogP contribution >= 0.6 is 11.6 Å². The molecule has 3 aromatic rings. The molecule has 2 atom stereocenters. The minimum absolute atomic E-state index is 0.00138. The molecule has 0 radical (unpaired) electrons. The lowest BCUT2D eigenvalue weighted by molar-refractivity contribution is -0.168. The summed E-state index contributed by atoms with van der Waals surface area (Å²) in [6, 6.07) is 25.3. The van der Waals surface area contributed by atoms with E-state index in [4.69, 9.17) is 21.1 Å². The number of ether oxygens (including phenoxy) is 2. The van der Waals surface area contributed by atoms with Gasteiger partial charge in [0.15, 0.2) is 0 Å². The molecular formula is C25H22ClNO3. The lowest BCUT2D eigenvalue weighted by atomic mass is 9.88. The Morgan fingerprint density at radius 2 is 1.53 bits per heavy atom. The van der Waals surface area contributed by atoms with Crippen LogP contribution in [0, 0.1) is 17.2 Å². The summed E-state index contributed by atoms with van der Waals surface area (Å²) in [5.74, 6) is -0.533. The molecule has 0 saturated carbocycles. The monoisotopic (exact) mass is 419 g/mol. The molecule has 0 aliphatic rings. The van der Waals surface area contributed by atoms with Crippen molar-refractivity contribution in [2.75, 3.05) is 0 Å². The van der Waals surface area contributed by atoms with E-state index >= 15 is 0 Å². The number of nitrogens with zero attached hydrogens (tertiary/aromatic N) is 1. The maximum atomic E-state index is 13.2. The van der Waals surface area contributed by atoms with Crippen LogP contribution in [0.3, 0.4) is 0 Å². The van der Waals surface area contributed by atoms with Crippen LogP contribution in [-0.4, -0.2) is 5.97 Å². The molecule has 0 aromatic heterocycles. The first-order chi connectivity index (χ1) is 14.5. The molecule has 3 aromatic carbocycles. The van der Waals surface area contributed by atoms with E-state index in [-0.39, 0.29) is 5.92 Å². The summed E-state index contributed by atoms with van der Waals surface area (Å²) in [5, 5.41) is 9.97. The average Bonchev–Trinajstić information content (AvgIpc) is 2.75.